The Labute approximate surface area is 162 Å². The van der Waals surface area contributed by atoms with Gasteiger partial charge < -0.3 is 15.4 Å². The van der Waals surface area contributed by atoms with Crippen LogP contribution in [0.15, 0.2) is 36.4 Å². The molecule has 1 amide bonds. The molecular formula is C20H21ClN4O2. The number of aryl methyl sites for hydroxylation is 1. The number of nitrogens with one attached hydrogen (secondary N) is 2. The Morgan fingerprint density at radius 1 is 1.19 bits per heavy atom. The molecule has 1 heterocycles. The first-order valence-corrected chi connectivity index (χ1v) is 9.07. The van der Waals surface area contributed by atoms with Crippen molar-refractivity contribution in [3.8, 4) is 5.75 Å². The third kappa shape index (κ3) is 4.11. The first kappa shape index (κ1) is 18.9. The number of ether oxygens (including phenoxy) is 1. The van der Waals surface area contributed by atoms with E-state index in [2.05, 4.69) is 20.6 Å². The van der Waals surface area contributed by atoms with E-state index in [4.69, 9.17) is 16.3 Å². The van der Waals surface area contributed by atoms with E-state index >= 15 is 0 Å². The number of para-hydroxylation sites is 2. The molecule has 0 unspecified atom stereocenters. The van der Waals surface area contributed by atoms with Crippen molar-refractivity contribution in [3.05, 3.63) is 52.7 Å². The molecule has 2 N–H and O–H groups in total. The molecule has 0 saturated heterocycles. The van der Waals surface area contributed by atoms with Gasteiger partial charge in [0.1, 0.15) is 5.75 Å². The lowest BCUT2D eigenvalue weighted by atomic mass is 10.2. The van der Waals surface area contributed by atoms with Crippen LogP contribution >= 0.6 is 11.6 Å². The number of hydrogen-bond donors (Lipinski definition) is 2. The van der Waals surface area contributed by atoms with E-state index in [-0.39, 0.29) is 11.6 Å². The van der Waals surface area contributed by atoms with E-state index in [9.17, 15) is 4.79 Å². The summed E-state index contributed by atoms with van der Waals surface area (Å²) in [5, 5.41) is 6.62. The van der Waals surface area contributed by atoms with Crippen molar-refractivity contribution in [1.82, 2.24) is 9.97 Å². The van der Waals surface area contributed by atoms with Gasteiger partial charge in [-0.05, 0) is 37.1 Å². The fourth-order valence-corrected chi connectivity index (χ4v) is 2.79. The fourth-order valence-electron chi connectivity index (χ4n) is 2.64. The average molecular weight is 385 g/mol. The molecule has 0 aliphatic rings. The molecule has 2 aromatic carbocycles. The van der Waals surface area contributed by atoms with E-state index in [1.54, 1.807) is 12.1 Å². The van der Waals surface area contributed by atoms with Crippen LogP contribution in [0.2, 0.25) is 5.02 Å². The number of amides is 1. The maximum absolute atomic E-state index is 13.0. The molecule has 7 heteroatoms. The van der Waals surface area contributed by atoms with Gasteiger partial charge in [-0.2, -0.15) is 0 Å². The monoisotopic (exact) mass is 384 g/mol. The van der Waals surface area contributed by atoms with Gasteiger partial charge in [0.25, 0.3) is 5.91 Å². The van der Waals surface area contributed by atoms with E-state index in [1.807, 2.05) is 38.1 Å². The van der Waals surface area contributed by atoms with E-state index in [0.717, 1.165) is 17.5 Å². The molecule has 0 aliphatic heterocycles. The predicted molar refractivity (Wildman–Crippen MR) is 109 cm³/mol. The number of anilines is 2. The van der Waals surface area contributed by atoms with E-state index < -0.39 is 0 Å². The minimum Gasteiger partial charge on any atom is -0.495 e. The highest BCUT2D eigenvalue weighted by atomic mass is 35.5. The average Bonchev–Trinajstić information content (AvgIpc) is 2.68. The van der Waals surface area contributed by atoms with Gasteiger partial charge in [0.15, 0.2) is 11.5 Å². The Bertz CT molecular complexity index is 991. The number of methoxy groups -OCH3 is 1. The minimum absolute atomic E-state index is 0.233. The summed E-state index contributed by atoms with van der Waals surface area (Å²) in [5.41, 5.74) is 2.98. The lowest BCUT2D eigenvalue weighted by Gasteiger charge is -2.14. The minimum atomic E-state index is -0.369. The van der Waals surface area contributed by atoms with Crippen molar-refractivity contribution in [2.24, 2.45) is 0 Å². The van der Waals surface area contributed by atoms with Gasteiger partial charge in [0.05, 0.1) is 23.8 Å². The number of aromatic nitrogens is 2. The number of carbonyl (C=O) groups is 1. The zero-order valence-corrected chi connectivity index (χ0v) is 16.2. The number of carbonyl (C=O) groups excluding carboxylic acids is 1. The molecule has 0 spiro atoms. The van der Waals surface area contributed by atoms with Crippen LogP contribution in [0.4, 0.5) is 11.5 Å². The third-order valence-electron chi connectivity index (χ3n) is 4.06. The number of rotatable bonds is 6. The van der Waals surface area contributed by atoms with Gasteiger partial charge in [-0.3, -0.25) is 4.79 Å². The molecule has 140 valence electrons. The highest BCUT2D eigenvalue weighted by Gasteiger charge is 2.18. The lowest BCUT2D eigenvalue weighted by molar-refractivity contribution is 0.102. The van der Waals surface area contributed by atoms with Gasteiger partial charge in [-0.25, -0.2) is 9.97 Å². The molecule has 0 atom stereocenters. The summed E-state index contributed by atoms with van der Waals surface area (Å²) in [4.78, 5) is 22.0. The molecule has 6 nitrogen and oxygen atoms in total. The Morgan fingerprint density at radius 3 is 2.56 bits per heavy atom. The first-order valence-electron chi connectivity index (χ1n) is 8.69. The van der Waals surface area contributed by atoms with Crippen LogP contribution in [-0.4, -0.2) is 29.5 Å². The van der Waals surface area contributed by atoms with Crippen LogP contribution in [0, 0.1) is 6.92 Å². The Balaban J connectivity index is 2.00. The summed E-state index contributed by atoms with van der Waals surface area (Å²) in [6.07, 6.45) is 0.903. The quantitative estimate of drug-likeness (QED) is 0.645. The third-order valence-corrected chi connectivity index (χ3v) is 4.46. The zero-order chi connectivity index (χ0) is 19.4. The highest BCUT2D eigenvalue weighted by molar-refractivity contribution is 6.31. The first-order chi connectivity index (χ1) is 13.0. The van der Waals surface area contributed by atoms with Crippen LogP contribution in [0.1, 0.15) is 29.4 Å². The molecule has 3 aromatic rings. The molecule has 0 aliphatic carbocycles. The molecule has 3 rings (SSSR count). The van der Waals surface area contributed by atoms with Gasteiger partial charge in [-0.1, -0.05) is 30.7 Å². The van der Waals surface area contributed by atoms with E-state index in [0.29, 0.717) is 34.3 Å². The van der Waals surface area contributed by atoms with Crippen LogP contribution in [0.25, 0.3) is 11.0 Å². The van der Waals surface area contributed by atoms with Crippen molar-refractivity contribution in [2.45, 2.75) is 20.3 Å². The number of nitrogens with zero attached hydrogens (tertiary/aromatic N) is 2. The summed E-state index contributed by atoms with van der Waals surface area (Å²) in [7, 11) is 1.53. The standard InChI is InChI=1S/C20H21ClN4O2/c1-4-9-22-19-18(23-14-7-5-6-8-15(14)24-19)20(26)25-16-10-12(2)13(21)11-17(16)27-3/h5-8,10-11H,4,9H2,1-3H3,(H,22,24)(H,25,26). The second kappa shape index (κ2) is 8.22. The molecule has 0 bridgehead atoms. The second-order valence-corrected chi connectivity index (χ2v) is 6.50. The van der Waals surface area contributed by atoms with Crippen LogP contribution < -0.4 is 15.4 Å². The van der Waals surface area contributed by atoms with Gasteiger partial charge >= 0.3 is 0 Å². The maximum atomic E-state index is 13.0. The van der Waals surface area contributed by atoms with Gasteiger partial charge in [0, 0.05) is 17.6 Å². The molecular weight excluding hydrogens is 364 g/mol. The zero-order valence-electron chi connectivity index (χ0n) is 15.5. The summed E-state index contributed by atoms with van der Waals surface area (Å²) in [6, 6.07) is 10.9. The van der Waals surface area contributed by atoms with Crippen molar-refractivity contribution in [3.63, 3.8) is 0 Å². The Hall–Kier alpha value is -2.86. The number of fused-ring (bicyclic) bond motifs is 1. The maximum Gasteiger partial charge on any atom is 0.278 e. The van der Waals surface area contributed by atoms with Crippen LogP contribution in [-0.2, 0) is 0 Å². The van der Waals surface area contributed by atoms with E-state index in [1.165, 1.54) is 7.11 Å². The largest absolute Gasteiger partial charge is 0.495 e. The van der Waals surface area contributed by atoms with Crippen molar-refractivity contribution >= 4 is 40.0 Å². The van der Waals surface area contributed by atoms with Crippen LogP contribution in [0.5, 0.6) is 5.75 Å². The van der Waals surface area contributed by atoms with Gasteiger partial charge in [0.2, 0.25) is 0 Å². The summed E-state index contributed by atoms with van der Waals surface area (Å²) >= 11 is 6.14. The topological polar surface area (TPSA) is 76.1 Å². The molecule has 0 fully saturated rings. The SMILES string of the molecule is CCCNc1nc2ccccc2nc1C(=O)Nc1cc(C)c(Cl)cc1OC. The molecule has 0 radical (unpaired) electrons. The summed E-state index contributed by atoms with van der Waals surface area (Å²) < 4.78 is 5.33. The molecule has 27 heavy (non-hydrogen) atoms. The lowest BCUT2D eigenvalue weighted by Crippen LogP contribution is -2.18. The molecule has 0 saturated carbocycles. The second-order valence-electron chi connectivity index (χ2n) is 6.09. The number of benzene rings is 2. The van der Waals surface area contributed by atoms with Gasteiger partial charge in [-0.15, -0.1) is 0 Å². The predicted octanol–water partition coefficient (Wildman–Crippen LogP) is 4.67. The number of halogens is 1. The van der Waals surface area contributed by atoms with Crippen molar-refractivity contribution in [2.75, 3.05) is 24.3 Å². The normalized spacial score (nSPS) is 10.7. The fraction of sp³-hybridized carbons (Fsp3) is 0.250. The molecule has 1 aromatic heterocycles. The summed E-state index contributed by atoms with van der Waals surface area (Å²) in [5.74, 6) is 0.570. The van der Waals surface area contributed by atoms with Crippen LogP contribution in [0.3, 0.4) is 0 Å². The number of hydrogen-bond acceptors (Lipinski definition) is 5. The smallest absolute Gasteiger partial charge is 0.278 e. The Kier molecular flexibility index (Phi) is 5.76. The van der Waals surface area contributed by atoms with Crippen molar-refractivity contribution < 1.29 is 9.53 Å². The van der Waals surface area contributed by atoms with Crippen molar-refractivity contribution in [1.29, 1.82) is 0 Å². The summed E-state index contributed by atoms with van der Waals surface area (Å²) in [6.45, 7) is 4.60. The highest BCUT2D eigenvalue weighted by Crippen LogP contribution is 2.31. The Morgan fingerprint density at radius 2 is 1.89 bits per heavy atom.